The molecule has 0 aliphatic carbocycles. The van der Waals surface area contributed by atoms with Crippen molar-refractivity contribution in [3.63, 3.8) is 0 Å². The standard InChI is InChI=1S/C16H27N5O/c1-12(2)16-17-13(3)10-14(18-16)21-8-6-20(7-9-21)11-15(22)19(4)5/h10,12H,6-9,11H2,1-5H3. The summed E-state index contributed by atoms with van der Waals surface area (Å²) >= 11 is 0. The zero-order chi connectivity index (χ0) is 16.3. The molecular weight excluding hydrogens is 278 g/mol. The van der Waals surface area contributed by atoms with Gasteiger partial charge >= 0.3 is 0 Å². The Morgan fingerprint density at radius 1 is 1.23 bits per heavy atom. The van der Waals surface area contributed by atoms with Crippen LogP contribution in [0.15, 0.2) is 6.07 Å². The summed E-state index contributed by atoms with van der Waals surface area (Å²) in [7, 11) is 3.60. The van der Waals surface area contributed by atoms with E-state index in [4.69, 9.17) is 4.98 Å². The van der Waals surface area contributed by atoms with Gasteiger partial charge in [-0.1, -0.05) is 13.8 Å². The van der Waals surface area contributed by atoms with Crippen molar-refractivity contribution in [3.05, 3.63) is 17.6 Å². The first-order chi connectivity index (χ1) is 10.4. The number of piperazine rings is 1. The summed E-state index contributed by atoms with van der Waals surface area (Å²) in [6.07, 6.45) is 0. The molecule has 0 radical (unpaired) electrons. The van der Waals surface area contributed by atoms with Crippen LogP contribution in [-0.4, -0.2) is 72.5 Å². The van der Waals surface area contributed by atoms with E-state index in [0.29, 0.717) is 12.5 Å². The normalized spacial score (nSPS) is 16.2. The summed E-state index contributed by atoms with van der Waals surface area (Å²) in [5.74, 6) is 2.40. The van der Waals surface area contributed by atoms with E-state index in [2.05, 4.69) is 28.6 Å². The Morgan fingerprint density at radius 2 is 1.86 bits per heavy atom. The van der Waals surface area contributed by atoms with Crippen molar-refractivity contribution in [2.75, 3.05) is 51.7 Å². The van der Waals surface area contributed by atoms with Crippen molar-refractivity contribution in [3.8, 4) is 0 Å². The van der Waals surface area contributed by atoms with Gasteiger partial charge in [-0.15, -0.1) is 0 Å². The van der Waals surface area contributed by atoms with E-state index in [1.807, 2.05) is 13.0 Å². The van der Waals surface area contributed by atoms with Gasteiger partial charge in [0.1, 0.15) is 11.6 Å². The van der Waals surface area contributed by atoms with Crippen molar-refractivity contribution in [2.45, 2.75) is 26.7 Å². The number of likely N-dealkylation sites (N-methyl/N-ethyl adjacent to an activating group) is 1. The molecule has 1 amide bonds. The Balaban J connectivity index is 1.98. The van der Waals surface area contributed by atoms with Crippen LogP contribution in [0.25, 0.3) is 0 Å². The molecule has 22 heavy (non-hydrogen) atoms. The zero-order valence-corrected chi connectivity index (χ0v) is 14.3. The number of hydrogen-bond acceptors (Lipinski definition) is 5. The smallest absolute Gasteiger partial charge is 0.236 e. The number of aromatic nitrogens is 2. The maximum atomic E-state index is 11.8. The molecule has 1 aliphatic heterocycles. The predicted molar refractivity (Wildman–Crippen MR) is 88.2 cm³/mol. The van der Waals surface area contributed by atoms with E-state index in [0.717, 1.165) is 43.5 Å². The molecule has 0 spiro atoms. The van der Waals surface area contributed by atoms with Crippen LogP contribution in [-0.2, 0) is 4.79 Å². The average molecular weight is 305 g/mol. The lowest BCUT2D eigenvalue weighted by molar-refractivity contribution is -0.129. The first-order valence-corrected chi connectivity index (χ1v) is 7.90. The number of hydrogen-bond donors (Lipinski definition) is 0. The minimum atomic E-state index is 0.161. The van der Waals surface area contributed by atoms with Crippen LogP contribution in [0.1, 0.15) is 31.3 Å². The van der Waals surface area contributed by atoms with Crippen molar-refractivity contribution in [1.82, 2.24) is 19.8 Å². The summed E-state index contributed by atoms with van der Waals surface area (Å²) in [4.78, 5) is 27.1. The Hall–Kier alpha value is -1.69. The van der Waals surface area contributed by atoms with Gasteiger partial charge in [-0.2, -0.15) is 0 Å². The fourth-order valence-electron chi connectivity index (χ4n) is 2.46. The highest BCUT2D eigenvalue weighted by atomic mass is 16.2. The Kier molecular flexibility index (Phi) is 5.34. The molecule has 1 aromatic rings. The molecule has 0 N–H and O–H groups in total. The summed E-state index contributed by atoms with van der Waals surface area (Å²) in [5, 5.41) is 0. The highest BCUT2D eigenvalue weighted by molar-refractivity contribution is 5.77. The molecule has 0 saturated carbocycles. The number of anilines is 1. The predicted octanol–water partition coefficient (Wildman–Crippen LogP) is 1.12. The Bertz CT molecular complexity index is 521. The van der Waals surface area contributed by atoms with Gasteiger partial charge in [0.25, 0.3) is 0 Å². The highest BCUT2D eigenvalue weighted by Crippen LogP contribution is 2.18. The van der Waals surface area contributed by atoms with E-state index in [9.17, 15) is 4.79 Å². The van der Waals surface area contributed by atoms with Crippen molar-refractivity contribution in [1.29, 1.82) is 0 Å². The number of carbonyl (C=O) groups is 1. The van der Waals surface area contributed by atoms with E-state index >= 15 is 0 Å². The number of carbonyl (C=O) groups excluding carboxylic acids is 1. The average Bonchev–Trinajstić information content (AvgIpc) is 2.47. The number of nitrogens with zero attached hydrogens (tertiary/aromatic N) is 5. The van der Waals surface area contributed by atoms with Crippen LogP contribution < -0.4 is 4.90 Å². The fourth-order valence-corrected chi connectivity index (χ4v) is 2.46. The molecule has 0 atom stereocenters. The highest BCUT2D eigenvalue weighted by Gasteiger charge is 2.21. The summed E-state index contributed by atoms with van der Waals surface area (Å²) in [5.41, 5.74) is 1.01. The summed E-state index contributed by atoms with van der Waals surface area (Å²) in [6.45, 7) is 10.3. The number of rotatable bonds is 4. The van der Waals surface area contributed by atoms with Gasteiger partial charge in [-0.3, -0.25) is 9.69 Å². The van der Waals surface area contributed by atoms with Gasteiger partial charge in [0, 0.05) is 58.0 Å². The van der Waals surface area contributed by atoms with Gasteiger partial charge in [-0.25, -0.2) is 9.97 Å². The van der Waals surface area contributed by atoms with Gasteiger partial charge in [0.15, 0.2) is 0 Å². The van der Waals surface area contributed by atoms with E-state index in [-0.39, 0.29) is 5.91 Å². The van der Waals surface area contributed by atoms with Crippen LogP contribution >= 0.6 is 0 Å². The molecular formula is C16H27N5O. The second-order valence-corrected chi connectivity index (χ2v) is 6.43. The van der Waals surface area contributed by atoms with Crippen LogP contribution in [0.2, 0.25) is 0 Å². The molecule has 0 unspecified atom stereocenters. The minimum Gasteiger partial charge on any atom is -0.354 e. The van der Waals surface area contributed by atoms with Crippen LogP contribution in [0.4, 0.5) is 5.82 Å². The zero-order valence-electron chi connectivity index (χ0n) is 14.3. The third kappa shape index (κ3) is 4.16. The fraction of sp³-hybridized carbons (Fsp3) is 0.688. The lowest BCUT2D eigenvalue weighted by atomic mass is 10.2. The molecule has 1 fully saturated rings. The van der Waals surface area contributed by atoms with Crippen LogP contribution in [0, 0.1) is 6.92 Å². The topological polar surface area (TPSA) is 52.6 Å². The van der Waals surface area contributed by atoms with E-state index in [1.54, 1.807) is 19.0 Å². The summed E-state index contributed by atoms with van der Waals surface area (Å²) in [6, 6.07) is 2.05. The molecule has 1 aromatic heterocycles. The molecule has 6 nitrogen and oxygen atoms in total. The number of aryl methyl sites for hydroxylation is 1. The Labute approximate surface area is 133 Å². The maximum Gasteiger partial charge on any atom is 0.236 e. The lowest BCUT2D eigenvalue weighted by Gasteiger charge is -2.35. The van der Waals surface area contributed by atoms with Gasteiger partial charge < -0.3 is 9.80 Å². The van der Waals surface area contributed by atoms with Crippen molar-refractivity contribution >= 4 is 11.7 Å². The molecule has 1 saturated heterocycles. The molecule has 1 aliphatic rings. The number of amides is 1. The van der Waals surface area contributed by atoms with Gasteiger partial charge in [0.2, 0.25) is 5.91 Å². The first-order valence-electron chi connectivity index (χ1n) is 7.90. The van der Waals surface area contributed by atoms with Crippen LogP contribution in [0.3, 0.4) is 0 Å². The third-order valence-corrected chi connectivity index (χ3v) is 3.93. The second kappa shape index (κ2) is 7.05. The SMILES string of the molecule is Cc1cc(N2CCN(CC(=O)N(C)C)CC2)nc(C(C)C)n1. The maximum absolute atomic E-state index is 11.8. The minimum absolute atomic E-state index is 0.161. The second-order valence-electron chi connectivity index (χ2n) is 6.43. The lowest BCUT2D eigenvalue weighted by Crippen LogP contribution is -2.49. The monoisotopic (exact) mass is 305 g/mol. The molecule has 6 heteroatoms. The molecule has 0 bridgehead atoms. The first kappa shape index (κ1) is 16.7. The molecule has 0 aromatic carbocycles. The molecule has 2 rings (SSSR count). The van der Waals surface area contributed by atoms with Gasteiger partial charge in [-0.05, 0) is 6.92 Å². The summed E-state index contributed by atoms with van der Waals surface area (Å²) < 4.78 is 0. The van der Waals surface area contributed by atoms with Crippen LogP contribution in [0.5, 0.6) is 0 Å². The van der Waals surface area contributed by atoms with Crippen molar-refractivity contribution in [2.24, 2.45) is 0 Å². The third-order valence-electron chi connectivity index (χ3n) is 3.93. The quantitative estimate of drug-likeness (QED) is 0.834. The van der Waals surface area contributed by atoms with Gasteiger partial charge in [0.05, 0.1) is 6.54 Å². The van der Waals surface area contributed by atoms with Crippen molar-refractivity contribution < 1.29 is 4.79 Å². The molecule has 122 valence electrons. The molecule has 2 heterocycles. The largest absolute Gasteiger partial charge is 0.354 e. The van der Waals surface area contributed by atoms with E-state index in [1.165, 1.54) is 0 Å². The Morgan fingerprint density at radius 3 is 2.41 bits per heavy atom. The van der Waals surface area contributed by atoms with E-state index < -0.39 is 0 Å².